The lowest BCUT2D eigenvalue weighted by molar-refractivity contribution is -0.131. The Labute approximate surface area is 162 Å². The van der Waals surface area contributed by atoms with Crippen LogP contribution in [0.5, 0.6) is 0 Å². The molecule has 1 aliphatic heterocycles. The van der Waals surface area contributed by atoms with Gasteiger partial charge in [-0.1, -0.05) is 19.3 Å². The van der Waals surface area contributed by atoms with Crippen molar-refractivity contribution in [3.63, 3.8) is 0 Å². The number of piperidine rings is 1. The van der Waals surface area contributed by atoms with Crippen molar-refractivity contribution >= 4 is 17.9 Å². The van der Waals surface area contributed by atoms with Gasteiger partial charge in [-0.2, -0.15) is 0 Å². The molecule has 7 heteroatoms. The Kier molecular flexibility index (Phi) is 7.92. The van der Waals surface area contributed by atoms with E-state index in [1.165, 1.54) is 32.1 Å². The van der Waals surface area contributed by atoms with Crippen LogP contribution < -0.4 is 10.6 Å². The first-order valence-electron chi connectivity index (χ1n) is 10.3. The fourth-order valence-corrected chi connectivity index (χ4v) is 3.79. The molecule has 0 spiro atoms. The number of likely N-dealkylation sites (tertiary alicyclic amines) is 1. The van der Waals surface area contributed by atoms with Crippen LogP contribution in [0, 0.1) is 5.92 Å². The molecule has 0 aromatic heterocycles. The maximum absolute atomic E-state index is 12.2. The first-order valence-corrected chi connectivity index (χ1v) is 10.3. The summed E-state index contributed by atoms with van der Waals surface area (Å²) in [6.45, 7) is 6.48. The molecule has 0 atom stereocenters. The molecule has 2 fully saturated rings. The summed E-state index contributed by atoms with van der Waals surface area (Å²) in [6.07, 6.45) is 7.71. The molecule has 0 radical (unpaired) electrons. The van der Waals surface area contributed by atoms with Gasteiger partial charge in [0.05, 0.1) is 0 Å². The molecule has 2 N–H and O–H groups in total. The molecule has 1 heterocycles. The number of alkyl carbamates (subject to hydrolysis) is 1. The number of ether oxygens (including phenoxy) is 1. The maximum atomic E-state index is 12.2. The van der Waals surface area contributed by atoms with Crippen LogP contribution in [0.1, 0.15) is 72.1 Å². The van der Waals surface area contributed by atoms with Crippen LogP contribution in [0.2, 0.25) is 0 Å². The second kappa shape index (κ2) is 9.95. The second-order valence-corrected chi connectivity index (χ2v) is 8.79. The molecule has 0 aromatic rings. The van der Waals surface area contributed by atoms with Crippen molar-refractivity contribution in [2.75, 3.05) is 19.6 Å². The van der Waals surface area contributed by atoms with E-state index in [-0.39, 0.29) is 24.4 Å². The van der Waals surface area contributed by atoms with E-state index in [2.05, 4.69) is 10.6 Å². The predicted molar refractivity (Wildman–Crippen MR) is 103 cm³/mol. The zero-order chi connectivity index (χ0) is 19.9. The summed E-state index contributed by atoms with van der Waals surface area (Å²) in [5.74, 6) is 0.574. The summed E-state index contributed by atoms with van der Waals surface area (Å²) < 4.78 is 5.13. The summed E-state index contributed by atoms with van der Waals surface area (Å²) in [5, 5.41) is 5.64. The Morgan fingerprint density at radius 3 is 2.22 bits per heavy atom. The first kappa shape index (κ1) is 21.5. The fourth-order valence-electron chi connectivity index (χ4n) is 3.79. The zero-order valence-electron chi connectivity index (χ0n) is 17.0. The summed E-state index contributed by atoms with van der Waals surface area (Å²) in [7, 11) is 0. The quantitative estimate of drug-likeness (QED) is 0.766. The number of rotatable bonds is 5. The van der Waals surface area contributed by atoms with Gasteiger partial charge in [0.1, 0.15) is 12.1 Å². The smallest absolute Gasteiger partial charge is 0.408 e. The number of hydrogen-bond acceptors (Lipinski definition) is 4. The Morgan fingerprint density at radius 1 is 1.00 bits per heavy atom. The van der Waals surface area contributed by atoms with Crippen molar-refractivity contribution in [3.8, 4) is 0 Å². The van der Waals surface area contributed by atoms with Crippen molar-refractivity contribution in [2.45, 2.75) is 83.8 Å². The van der Waals surface area contributed by atoms with Gasteiger partial charge in [0, 0.05) is 25.6 Å². The van der Waals surface area contributed by atoms with Crippen LogP contribution in [0.15, 0.2) is 0 Å². The third kappa shape index (κ3) is 8.18. The molecule has 154 valence electrons. The monoisotopic (exact) mass is 381 g/mol. The van der Waals surface area contributed by atoms with E-state index < -0.39 is 11.7 Å². The summed E-state index contributed by atoms with van der Waals surface area (Å²) in [6, 6.07) is 0.143. The third-order valence-electron chi connectivity index (χ3n) is 5.19. The van der Waals surface area contributed by atoms with E-state index in [4.69, 9.17) is 4.74 Å². The molecular formula is C20H35N3O4. The minimum absolute atomic E-state index is 0.0619. The van der Waals surface area contributed by atoms with Crippen LogP contribution in [0.4, 0.5) is 4.79 Å². The van der Waals surface area contributed by atoms with Gasteiger partial charge in [-0.25, -0.2) is 4.79 Å². The number of nitrogens with one attached hydrogen (secondary N) is 2. The zero-order valence-corrected chi connectivity index (χ0v) is 17.0. The van der Waals surface area contributed by atoms with Crippen LogP contribution in [0.3, 0.4) is 0 Å². The largest absolute Gasteiger partial charge is 0.444 e. The Balaban J connectivity index is 1.63. The molecule has 0 aromatic carbocycles. The lowest BCUT2D eigenvalue weighted by atomic mass is 9.86. The highest BCUT2D eigenvalue weighted by atomic mass is 16.6. The van der Waals surface area contributed by atoms with Crippen molar-refractivity contribution < 1.29 is 19.1 Å². The van der Waals surface area contributed by atoms with Gasteiger partial charge in [0.15, 0.2) is 0 Å². The molecular weight excluding hydrogens is 346 g/mol. The summed E-state index contributed by atoms with van der Waals surface area (Å²) in [4.78, 5) is 37.8. The highest BCUT2D eigenvalue weighted by Crippen LogP contribution is 2.26. The minimum Gasteiger partial charge on any atom is -0.444 e. The van der Waals surface area contributed by atoms with E-state index >= 15 is 0 Å². The number of amides is 3. The van der Waals surface area contributed by atoms with E-state index in [9.17, 15) is 14.4 Å². The maximum Gasteiger partial charge on any atom is 0.408 e. The summed E-state index contributed by atoms with van der Waals surface area (Å²) in [5.41, 5.74) is -0.582. The normalized spacial score (nSPS) is 19.4. The van der Waals surface area contributed by atoms with Gasteiger partial charge < -0.3 is 20.3 Å². The predicted octanol–water partition coefficient (Wildman–Crippen LogP) is 2.59. The topological polar surface area (TPSA) is 87.7 Å². The molecule has 0 bridgehead atoms. The highest BCUT2D eigenvalue weighted by molar-refractivity contribution is 5.82. The number of nitrogens with zero attached hydrogens (tertiary/aromatic N) is 1. The van der Waals surface area contributed by atoms with Crippen LogP contribution in [-0.4, -0.2) is 54.1 Å². The van der Waals surface area contributed by atoms with Gasteiger partial charge in [0.2, 0.25) is 11.8 Å². The molecule has 2 rings (SSSR count). The van der Waals surface area contributed by atoms with Gasteiger partial charge >= 0.3 is 6.09 Å². The van der Waals surface area contributed by atoms with Gasteiger partial charge in [0.25, 0.3) is 0 Å². The van der Waals surface area contributed by atoms with Crippen LogP contribution >= 0.6 is 0 Å². The van der Waals surface area contributed by atoms with Gasteiger partial charge in [-0.3, -0.25) is 9.59 Å². The van der Waals surface area contributed by atoms with Crippen molar-refractivity contribution in [3.05, 3.63) is 0 Å². The Hall–Kier alpha value is -1.79. The molecule has 7 nitrogen and oxygen atoms in total. The van der Waals surface area contributed by atoms with Gasteiger partial charge in [-0.05, 0) is 52.4 Å². The summed E-state index contributed by atoms with van der Waals surface area (Å²) >= 11 is 0. The fraction of sp³-hybridized carbons (Fsp3) is 0.850. The Morgan fingerprint density at radius 2 is 1.63 bits per heavy atom. The Bertz CT molecular complexity index is 516. The third-order valence-corrected chi connectivity index (χ3v) is 5.19. The molecule has 3 amide bonds. The standard InChI is InChI=1S/C20H35N3O4/c1-20(2,3)27-19(26)21-14-18(25)23-11-9-16(10-12-23)22-17(24)13-15-7-5-4-6-8-15/h15-16H,4-14H2,1-3H3,(H,21,26)(H,22,24). The molecule has 1 saturated carbocycles. The number of carbonyl (C=O) groups excluding carboxylic acids is 3. The van der Waals surface area contributed by atoms with Crippen LogP contribution in [-0.2, 0) is 14.3 Å². The van der Waals surface area contributed by atoms with Crippen molar-refractivity contribution in [1.29, 1.82) is 0 Å². The van der Waals surface area contributed by atoms with E-state index in [0.717, 1.165) is 12.8 Å². The lowest BCUT2D eigenvalue weighted by Crippen LogP contribution is -2.49. The van der Waals surface area contributed by atoms with Crippen molar-refractivity contribution in [2.24, 2.45) is 5.92 Å². The van der Waals surface area contributed by atoms with E-state index in [1.54, 1.807) is 25.7 Å². The van der Waals surface area contributed by atoms with Crippen molar-refractivity contribution in [1.82, 2.24) is 15.5 Å². The second-order valence-electron chi connectivity index (χ2n) is 8.79. The highest BCUT2D eigenvalue weighted by Gasteiger charge is 2.25. The molecule has 1 aliphatic carbocycles. The molecule has 1 saturated heterocycles. The van der Waals surface area contributed by atoms with Gasteiger partial charge in [-0.15, -0.1) is 0 Å². The van der Waals surface area contributed by atoms with E-state index in [0.29, 0.717) is 25.4 Å². The molecule has 0 unspecified atom stereocenters. The van der Waals surface area contributed by atoms with E-state index in [1.807, 2.05) is 0 Å². The average molecular weight is 382 g/mol. The average Bonchev–Trinajstić information content (AvgIpc) is 2.59. The molecule has 2 aliphatic rings. The first-order chi connectivity index (χ1) is 12.7. The van der Waals surface area contributed by atoms with Crippen LogP contribution in [0.25, 0.3) is 0 Å². The lowest BCUT2D eigenvalue weighted by Gasteiger charge is -2.33. The minimum atomic E-state index is -0.583. The molecule has 27 heavy (non-hydrogen) atoms. The SMILES string of the molecule is CC(C)(C)OC(=O)NCC(=O)N1CCC(NC(=O)CC2CCCCC2)CC1. The number of carbonyl (C=O) groups is 3. The number of hydrogen-bond donors (Lipinski definition) is 2.